The molecule has 0 spiro atoms. The van der Waals surface area contributed by atoms with Gasteiger partial charge in [-0.2, -0.15) is 0 Å². The lowest BCUT2D eigenvalue weighted by atomic mass is 9.99. The molecule has 7 rings (SSSR count). The average molecular weight is 660 g/mol. The van der Waals surface area contributed by atoms with Crippen molar-refractivity contribution in [1.29, 1.82) is 0 Å². The van der Waals surface area contributed by atoms with Gasteiger partial charge in [0.05, 0.1) is 24.0 Å². The number of ether oxygens (including phenoxy) is 2. The van der Waals surface area contributed by atoms with Crippen molar-refractivity contribution in [1.82, 2.24) is 19.9 Å². The predicted octanol–water partition coefficient (Wildman–Crippen LogP) is 6.78. The van der Waals surface area contributed by atoms with Gasteiger partial charge in [0, 0.05) is 74.3 Å². The number of anilines is 4. The first-order chi connectivity index (χ1) is 23.2. The number of hydrogen-bond acceptors (Lipinski definition) is 9. The molecule has 1 amide bonds. The first-order valence-corrected chi connectivity index (χ1v) is 16.0. The number of amides is 1. The van der Waals surface area contributed by atoms with E-state index in [9.17, 15) is 13.6 Å². The molecule has 48 heavy (non-hydrogen) atoms. The van der Waals surface area contributed by atoms with Crippen LogP contribution in [0.3, 0.4) is 0 Å². The molecule has 10 nitrogen and oxygen atoms in total. The van der Waals surface area contributed by atoms with Crippen molar-refractivity contribution in [2.75, 3.05) is 48.8 Å². The number of aromatic nitrogens is 3. The van der Waals surface area contributed by atoms with Crippen LogP contribution in [0.25, 0.3) is 10.9 Å². The summed E-state index contributed by atoms with van der Waals surface area (Å²) < 4.78 is 55.6. The Morgan fingerprint density at radius 2 is 1.83 bits per heavy atom. The van der Waals surface area contributed by atoms with Crippen LogP contribution in [-0.2, 0) is 4.79 Å². The zero-order valence-corrected chi connectivity index (χ0v) is 26.5. The van der Waals surface area contributed by atoms with Gasteiger partial charge < -0.3 is 29.9 Å². The molecular formula is C35H36F3N7O3. The van der Waals surface area contributed by atoms with Crippen LogP contribution in [0.15, 0.2) is 67.6 Å². The van der Waals surface area contributed by atoms with Gasteiger partial charge >= 0.3 is 0 Å². The van der Waals surface area contributed by atoms with Crippen LogP contribution < -0.4 is 25.0 Å². The summed E-state index contributed by atoms with van der Waals surface area (Å²) in [5.41, 5.74) is 1.54. The molecule has 3 aliphatic rings. The maximum Gasteiger partial charge on any atom is 0.252 e. The Morgan fingerprint density at radius 1 is 1.02 bits per heavy atom. The Morgan fingerprint density at radius 3 is 2.58 bits per heavy atom. The number of likely N-dealkylation sites (tertiary alicyclic amines) is 1. The largest absolute Gasteiger partial charge is 0.495 e. The minimum absolute atomic E-state index is 0.0451. The summed E-state index contributed by atoms with van der Waals surface area (Å²) in [5.74, 6) is -1.70. The summed E-state index contributed by atoms with van der Waals surface area (Å²) in [7, 11) is 1.59. The molecular weight excluding hydrogens is 623 g/mol. The number of rotatable bonds is 9. The standard InChI is InChI=1S/C35H36F3N7O3/c1-3-33(46)44-12-8-22(9-13-44)42-30-16-25-29(17-31(30)47-2)40-20-41-34(25)43-28-5-4-23(14-27(28)36)48-24-7-11-39-32(15-24)45-18-21-6-10-35(37,38)26(21)19-45/h3-5,7,11,14-17,20-22,26,42H,1,6,8-10,12-13,18-19H2,2H3,(H,40,41,43). The summed E-state index contributed by atoms with van der Waals surface area (Å²) in [6.07, 6.45) is 6.28. The van der Waals surface area contributed by atoms with Gasteiger partial charge in [-0.05, 0) is 55.5 Å². The average Bonchev–Trinajstić information content (AvgIpc) is 3.66. The van der Waals surface area contributed by atoms with Gasteiger partial charge in [0.25, 0.3) is 5.92 Å². The van der Waals surface area contributed by atoms with Crippen LogP contribution in [0.2, 0.25) is 0 Å². The van der Waals surface area contributed by atoms with Crippen molar-refractivity contribution in [3.8, 4) is 17.2 Å². The van der Waals surface area contributed by atoms with E-state index in [0.717, 1.165) is 18.5 Å². The van der Waals surface area contributed by atoms with Gasteiger partial charge in [-0.25, -0.2) is 28.1 Å². The maximum atomic E-state index is 15.4. The third-order valence-electron chi connectivity index (χ3n) is 9.60. The number of nitrogens with one attached hydrogen (secondary N) is 2. The molecule has 1 aliphatic carbocycles. The van der Waals surface area contributed by atoms with Gasteiger partial charge in [0.15, 0.2) is 0 Å². The Balaban J connectivity index is 1.05. The van der Waals surface area contributed by atoms with Gasteiger partial charge in [-0.3, -0.25) is 4.79 Å². The maximum absolute atomic E-state index is 15.4. The smallest absolute Gasteiger partial charge is 0.252 e. The number of pyridine rings is 1. The molecule has 0 bridgehead atoms. The molecule has 2 saturated heterocycles. The van der Waals surface area contributed by atoms with Gasteiger partial charge in [0.1, 0.15) is 41.0 Å². The molecule has 4 aromatic rings. The minimum Gasteiger partial charge on any atom is -0.495 e. The molecule has 2 unspecified atom stereocenters. The van der Waals surface area contributed by atoms with E-state index in [-0.39, 0.29) is 42.3 Å². The van der Waals surface area contributed by atoms with Crippen molar-refractivity contribution in [3.63, 3.8) is 0 Å². The van der Waals surface area contributed by atoms with Crippen molar-refractivity contribution in [2.45, 2.75) is 37.6 Å². The number of piperidine rings is 1. The normalized spacial score (nSPS) is 20.4. The van der Waals surface area contributed by atoms with E-state index in [1.807, 2.05) is 11.0 Å². The summed E-state index contributed by atoms with van der Waals surface area (Å²) in [6, 6.07) is 11.6. The summed E-state index contributed by atoms with van der Waals surface area (Å²) in [5, 5.41) is 7.28. The molecule has 2 aromatic carbocycles. The number of nitrogens with zero attached hydrogens (tertiary/aromatic N) is 5. The molecule has 1 saturated carbocycles. The second-order valence-corrected chi connectivity index (χ2v) is 12.5. The zero-order valence-electron chi connectivity index (χ0n) is 26.5. The number of fused-ring (bicyclic) bond motifs is 2. The fourth-order valence-electron chi connectivity index (χ4n) is 7.01. The summed E-state index contributed by atoms with van der Waals surface area (Å²) in [4.78, 5) is 28.8. The fourth-order valence-corrected chi connectivity index (χ4v) is 7.01. The van der Waals surface area contributed by atoms with Gasteiger partial charge in [-0.15, -0.1) is 0 Å². The summed E-state index contributed by atoms with van der Waals surface area (Å²) in [6.45, 7) is 5.60. The van der Waals surface area contributed by atoms with Crippen molar-refractivity contribution >= 4 is 39.8 Å². The molecule has 4 heterocycles. The monoisotopic (exact) mass is 659 g/mol. The Hall–Kier alpha value is -5.07. The molecule has 2 aromatic heterocycles. The minimum atomic E-state index is -2.64. The van der Waals surface area contributed by atoms with Crippen molar-refractivity contribution < 1.29 is 27.4 Å². The van der Waals surface area contributed by atoms with Crippen molar-refractivity contribution in [2.24, 2.45) is 11.8 Å². The van der Waals surface area contributed by atoms with E-state index in [0.29, 0.717) is 60.1 Å². The number of carbonyl (C=O) groups excluding carboxylic acids is 1. The lowest BCUT2D eigenvalue weighted by Crippen LogP contribution is -2.41. The second kappa shape index (κ2) is 12.9. The van der Waals surface area contributed by atoms with Gasteiger partial charge in [0.2, 0.25) is 5.91 Å². The molecule has 3 fully saturated rings. The van der Waals surface area contributed by atoms with E-state index < -0.39 is 17.7 Å². The lowest BCUT2D eigenvalue weighted by Gasteiger charge is -2.32. The highest BCUT2D eigenvalue weighted by atomic mass is 19.3. The molecule has 2 N–H and O–H groups in total. The number of benzene rings is 2. The number of methoxy groups -OCH3 is 1. The number of alkyl halides is 2. The van der Waals surface area contributed by atoms with Crippen LogP contribution in [0.5, 0.6) is 17.2 Å². The van der Waals surface area contributed by atoms with E-state index in [1.54, 1.807) is 48.5 Å². The van der Waals surface area contributed by atoms with Crippen LogP contribution in [-0.4, -0.2) is 71.0 Å². The number of halogens is 3. The third kappa shape index (κ3) is 6.28. The zero-order chi connectivity index (χ0) is 33.4. The lowest BCUT2D eigenvalue weighted by molar-refractivity contribution is -0.126. The third-order valence-corrected chi connectivity index (χ3v) is 9.60. The predicted molar refractivity (Wildman–Crippen MR) is 177 cm³/mol. The van der Waals surface area contributed by atoms with Crippen LogP contribution >= 0.6 is 0 Å². The number of carbonyl (C=O) groups is 1. The van der Waals surface area contributed by atoms with E-state index >= 15 is 4.39 Å². The second-order valence-electron chi connectivity index (χ2n) is 12.5. The van der Waals surface area contributed by atoms with Crippen LogP contribution in [0.1, 0.15) is 25.7 Å². The Kier molecular flexibility index (Phi) is 8.44. The number of hydrogen-bond donors (Lipinski definition) is 2. The van der Waals surface area contributed by atoms with E-state index in [1.165, 1.54) is 18.5 Å². The topological polar surface area (TPSA) is 105 Å². The first-order valence-electron chi connectivity index (χ1n) is 16.0. The molecule has 2 atom stereocenters. The highest BCUT2D eigenvalue weighted by Gasteiger charge is 2.54. The Bertz CT molecular complexity index is 1850. The van der Waals surface area contributed by atoms with E-state index in [4.69, 9.17) is 9.47 Å². The van der Waals surface area contributed by atoms with Gasteiger partial charge in [-0.1, -0.05) is 6.58 Å². The molecule has 250 valence electrons. The molecule has 2 aliphatic heterocycles. The SMILES string of the molecule is C=CC(=O)N1CCC(Nc2cc3c(Nc4ccc(Oc5ccnc(N6CC7CCC(F)(F)C7C6)c5)cc4F)ncnc3cc2OC)CC1. The molecule has 0 radical (unpaired) electrons. The molecule has 13 heteroatoms. The van der Waals surface area contributed by atoms with E-state index in [2.05, 4.69) is 32.2 Å². The fraction of sp³-hybridized carbons (Fsp3) is 0.371. The van der Waals surface area contributed by atoms with Crippen LogP contribution in [0, 0.1) is 17.7 Å². The summed E-state index contributed by atoms with van der Waals surface area (Å²) >= 11 is 0. The quantitative estimate of drug-likeness (QED) is 0.188. The Labute approximate surface area is 276 Å². The first kappa shape index (κ1) is 31.5. The van der Waals surface area contributed by atoms with Crippen LogP contribution in [0.4, 0.5) is 36.2 Å². The van der Waals surface area contributed by atoms with Crippen molar-refractivity contribution in [3.05, 3.63) is 73.5 Å². The highest BCUT2D eigenvalue weighted by molar-refractivity contribution is 5.95. The highest BCUT2D eigenvalue weighted by Crippen LogP contribution is 2.49.